The molecule has 0 bridgehead atoms. The van der Waals surface area contributed by atoms with E-state index >= 15 is 0 Å². The zero-order valence-corrected chi connectivity index (χ0v) is 17.8. The Morgan fingerprint density at radius 1 is 1.31 bits per heavy atom. The molecule has 0 radical (unpaired) electrons. The molecule has 170 valence electrons. The molecular weight excluding hydrogens is 415 g/mol. The summed E-state index contributed by atoms with van der Waals surface area (Å²) in [6.07, 6.45) is 3.75. The molecule has 8 nitrogen and oxygen atoms in total. The molecule has 1 fully saturated rings. The summed E-state index contributed by atoms with van der Waals surface area (Å²) in [5.74, 6) is -0.785. The van der Waals surface area contributed by atoms with Crippen LogP contribution in [0.15, 0.2) is 48.2 Å². The Hall–Kier alpha value is -3.20. The lowest BCUT2D eigenvalue weighted by Gasteiger charge is -2.33. The van der Waals surface area contributed by atoms with Crippen molar-refractivity contribution in [1.29, 1.82) is 0 Å². The Labute approximate surface area is 186 Å². The fourth-order valence-corrected chi connectivity index (χ4v) is 4.31. The summed E-state index contributed by atoms with van der Waals surface area (Å²) >= 11 is 0. The molecule has 0 aromatic heterocycles. The van der Waals surface area contributed by atoms with Gasteiger partial charge in [-0.25, -0.2) is 9.18 Å². The molecule has 0 spiro atoms. The van der Waals surface area contributed by atoms with Crippen LogP contribution in [-0.4, -0.2) is 66.5 Å². The van der Waals surface area contributed by atoms with Gasteiger partial charge in [-0.15, -0.1) is 6.58 Å². The van der Waals surface area contributed by atoms with Gasteiger partial charge in [-0.1, -0.05) is 18.2 Å². The van der Waals surface area contributed by atoms with Crippen molar-refractivity contribution in [3.05, 3.63) is 59.6 Å². The van der Waals surface area contributed by atoms with Crippen molar-refractivity contribution in [2.45, 2.75) is 31.4 Å². The molecule has 4 rings (SSSR count). The number of nitrogens with zero attached hydrogens (tertiary/aromatic N) is 2. The highest BCUT2D eigenvalue weighted by Gasteiger charge is 2.43. The Morgan fingerprint density at radius 2 is 2.09 bits per heavy atom. The second-order valence-electron chi connectivity index (χ2n) is 8.11. The molecule has 3 aliphatic heterocycles. The van der Waals surface area contributed by atoms with Crippen LogP contribution in [0.5, 0.6) is 0 Å². The maximum absolute atomic E-state index is 13.4. The summed E-state index contributed by atoms with van der Waals surface area (Å²) in [6, 6.07) is 4.69. The lowest BCUT2D eigenvalue weighted by atomic mass is 9.95. The number of amides is 4. The molecule has 9 heteroatoms. The van der Waals surface area contributed by atoms with E-state index in [2.05, 4.69) is 17.2 Å². The summed E-state index contributed by atoms with van der Waals surface area (Å²) in [4.78, 5) is 41.3. The SMILES string of the molecule is C=CCN1C(=O)N[C@@H](c2ccc(F)cc2)C2=C1CN(CCC(=O)NC[C@H]1CCCO1)C2=O. The molecular formula is C23H27FN4O4. The fraction of sp³-hybridized carbons (Fsp3) is 0.435. The van der Waals surface area contributed by atoms with Crippen molar-refractivity contribution in [3.8, 4) is 0 Å². The van der Waals surface area contributed by atoms with Gasteiger partial charge in [-0.05, 0) is 30.5 Å². The van der Waals surface area contributed by atoms with Crippen molar-refractivity contribution < 1.29 is 23.5 Å². The molecule has 4 amide bonds. The highest BCUT2D eigenvalue weighted by molar-refractivity contribution is 6.01. The molecule has 3 aliphatic rings. The van der Waals surface area contributed by atoms with Crippen LogP contribution in [-0.2, 0) is 14.3 Å². The maximum Gasteiger partial charge on any atom is 0.322 e. The second-order valence-corrected chi connectivity index (χ2v) is 8.11. The topological polar surface area (TPSA) is 91.0 Å². The van der Waals surface area contributed by atoms with Crippen LogP contribution in [0.3, 0.4) is 0 Å². The first kappa shape index (κ1) is 22.0. The number of rotatable bonds is 8. The third-order valence-electron chi connectivity index (χ3n) is 5.97. The summed E-state index contributed by atoms with van der Waals surface area (Å²) in [7, 11) is 0. The molecule has 0 unspecified atom stereocenters. The van der Waals surface area contributed by atoms with Crippen molar-refractivity contribution in [2.75, 3.05) is 32.8 Å². The monoisotopic (exact) mass is 442 g/mol. The Kier molecular flexibility index (Phi) is 6.55. The largest absolute Gasteiger partial charge is 0.376 e. The van der Waals surface area contributed by atoms with Gasteiger partial charge in [-0.3, -0.25) is 14.5 Å². The van der Waals surface area contributed by atoms with E-state index in [0.717, 1.165) is 19.4 Å². The summed E-state index contributed by atoms with van der Waals surface area (Å²) in [5.41, 5.74) is 1.65. The summed E-state index contributed by atoms with van der Waals surface area (Å²) in [6.45, 7) is 5.60. The molecule has 1 saturated heterocycles. The minimum absolute atomic E-state index is 0.0577. The number of hydrogen-bond donors (Lipinski definition) is 2. The van der Waals surface area contributed by atoms with Crippen LogP contribution in [0.2, 0.25) is 0 Å². The predicted octanol–water partition coefficient (Wildman–Crippen LogP) is 1.86. The van der Waals surface area contributed by atoms with Gasteiger partial charge in [0.05, 0.1) is 30.0 Å². The van der Waals surface area contributed by atoms with E-state index in [1.54, 1.807) is 23.1 Å². The highest BCUT2D eigenvalue weighted by Crippen LogP contribution is 2.36. The third-order valence-corrected chi connectivity index (χ3v) is 5.97. The lowest BCUT2D eigenvalue weighted by molar-refractivity contribution is -0.127. The van der Waals surface area contributed by atoms with Crippen LogP contribution in [0.4, 0.5) is 9.18 Å². The summed E-state index contributed by atoms with van der Waals surface area (Å²) < 4.78 is 18.9. The molecule has 3 heterocycles. The van der Waals surface area contributed by atoms with E-state index < -0.39 is 11.9 Å². The normalized spacial score (nSPS) is 22.8. The smallest absolute Gasteiger partial charge is 0.322 e. The van der Waals surface area contributed by atoms with E-state index in [-0.39, 0.29) is 50.0 Å². The number of urea groups is 1. The molecule has 1 aromatic carbocycles. The Bertz CT molecular complexity index is 940. The van der Waals surface area contributed by atoms with E-state index in [9.17, 15) is 18.8 Å². The maximum atomic E-state index is 13.4. The molecule has 0 saturated carbocycles. The van der Waals surface area contributed by atoms with Crippen LogP contribution in [0, 0.1) is 5.82 Å². The van der Waals surface area contributed by atoms with Gasteiger partial charge >= 0.3 is 6.03 Å². The van der Waals surface area contributed by atoms with Crippen molar-refractivity contribution in [2.24, 2.45) is 0 Å². The van der Waals surface area contributed by atoms with Crippen molar-refractivity contribution >= 4 is 17.8 Å². The van der Waals surface area contributed by atoms with E-state index in [1.165, 1.54) is 17.0 Å². The molecule has 1 aromatic rings. The number of nitrogens with one attached hydrogen (secondary N) is 2. The zero-order valence-electron chi connectivity index (χ0n) is 17.8. The van der Waals surface area contributed by atoms with Crippen molar-refractivity contribution in [1.82, 2.24) is 20.4 Å². The second kappa shape index (κ2) is 9.52. The van der Waals surface area contributed by atoms with Gasteiger partial charge < -0.3 is 20.3 Å². The average Bonchev–Trinajstić information content (AvgIpc) is 3.41. The van der Waals surface area contributed by atoms with E-state index in [4.69, 9.17) is 4.74 Å². The third kappa shape index (κ3) is 4.52. The van der Waals surface area contributed by atoms with Gasteiger partial charge in [0.2, 0.25) is 5.91 Å². The molecule has 32 heavy (non-hydrogen) atoms. The highest BCUT2D eigenvalue weighted by atomic mass is 19.1. The van der Waals surface area contributed by atoms with E-state index in [0.29, 0.717) is 23.4 Å². The predicted molar refractivity (Wildman–Crippen MR) is 115 cm³/mol. The number of halogens is 1. The van der Waals surface area contributed by atoms with Gasteiger partial charge in [0.1, 0.15) is 5.82 Å². The Balaban J connectivity index is 1.46. The van der Waals surface area contributed by atoms with Crippen LogP contribution < -0.4 is 10.6 Å². The molecule has 0 aliphatic carbocycles. The van der Waals surface area contributed by atoms with Gasteiger partial charge in [0.15, 0.2) is 0 Å². The molecule has 2 atom stereocenters. The number of ether oxygens (including phenoxy) is 1. The van der Waals surface area contributed by atoms with Gasteiger partial charge in [0, 0.05) is 32.7 Å². The lowest BCUT2D eigenvalue weighted by Crippen LogP contribution is -2.47. The first-order chi connectivity index (χ1) is 15.5. The zero-order chi connectivity index (χ0) is 22.7. The van der Waals surface area contributed by atoms with Crippen LogP contribution >= 0.6 is 0 Å². The van der Waals surface area contributed by atoms with E-state index in [1.807, 2.05) is 0 Å². The first-order valence-corrected chi connectivity index (χ1v) is 10.8. The number of carbonyl (C=O) groups is 3. The Morgan fingerprint density at radius 3 is 2.78 bits per heavy atom. The van der Waals surface area contributed by atoms with Crippen LogP contribution in [0.1, 0.15) is 30.9 Å². The minimum Gasteiger partial charge on any atom is -0.376 e. The van der Waals surface area contributed by atoms with Crippen molar-refractivity contribution in [3.63, 3.8) is 0 Å². The molecule has 2 N–H and O–H groups in total. The standard InChI is InChI=1S/C23H27FN4O4/c1-2-10-28-18-14-27(11-9-19(29)25-13-17-4-3-12-32-17)22(30)20(18)21(26-23(28)31)15-5-7-16(24)8-6-15/h2,5-8,17,21H,1,3-4,9-14H2,(H,25,29)(H,26,31)/t17-,21+/m1/s1. The van der Waals surface area contributed by atoms with Gasteiger partial charge in [0.25, 0.3) is 5.91 Å². The van der Waals surface area contributed by atoms with Crippen LogP contribution in [0.25, 0.3) is 0 Å². The number of carbonyl (C=O) groups excluding carboxylic acids is 3. The fourth-order valence-electron chi connectivity index (χ4n) is 4.31. The van der Waals surface area contributed by atoms with Gasteiger partial charge in [-0.2, -0.15) is 0 Å². The quantitative estimate of drug-likeness (QED) is 0.602. The number of hydrogen-bond acceptors (Lipinski definition) is 4. The number of benzene rings is 1. The average molecular weight is 442 g/mol. The summed E-state index contributed by atoms with van der Waals surface area (Å²) in [5, 5.41) is 5.71. The minimum atomic E-state index is -0.676. The first-order valence-electron chi connectivity index (χ1n) is 10.8.